The Kier molecular flexibility index (Phi) is 6.40. The van der Waals surface area contributed by atoms with Gasteiger partial charge in [-0.3, -0.25) is 4.68 Å². The molecule has 0 spiro atoms. The van der Waals surface area contributed by atoms with E-state index in [4.69, 9.17) is 9.26 Å². The number of halogens is 3. The number of para-hydroxylation sites is 1. The van der Waals surface area contributed by atoms with Gasteiger partial charge in [-0.2, -0.15) is 5.10 Å². The normalized spacial score (nSPS) is 21.7. The number of carboxylic acid groups (broad SMARTS) is 1. The first-order valence-electron chi connectivity index (χ1n) is 14.2. The van der Waals surface area contributed by atoms with Crippen LogP contribution in [0.2, 0.25) is 0 Å². The zero-order chi connectivity index (χ0) is 30.0. The first-order chi connectivity index (χ1) is 20.6. The largest absolute Gasteiger partial charge is 0.573 e. The molecular weight excluding hydrogens is 565 g/mol. The fourth-order valence-corrected chi connectivity index (χ4v) is 6.56. The summed E-state index contributed by atoms with van der Waals surface area (Å²) in [5.74, 6) is 0.528. The van der Waals surface area contributed by atoms with Gasteiger partial charge in [0.15, 0.2) is 5.69 Å². The molecule has 1 saturated heterocycles. The zero-order valence-corrected chi connectivity index (χ0v) is 23.5. The van der Waals surface area contributed by atoms with Crippen LogP contribution in [0.5, 0.6) is 5.75 Å². The highest BCUT2D eigenvalue weighted by Crippen LogP contribution is 2.47. The van der Waals surface area contributed by atoms with Crippen molar-refractivity contribution >= 4 is 22.6 Å². The van der Waals surface area contributed by atoms with Gasteiger partial charge >= 0.3 is 12.3 Å². The lowest BCUT2D eigenvalue weighted by Gasteiger charge is -2.36. The minimum atomic E-state index is -4.85. The third-order valence-corrected chi connectivity index (χ3v) is 8.61. The molecule has 1 N–H and O–H groups in total. The van der Waals surface area contributed by atoms with Crippen molar-refractivity contribution in [1.82, 2.24) is 14.9 Å². The van der Waals surface area contributed by atoms with Gasteiger partial charge in [-0.05, 0) is 61.6 Å². The molecule has 9 nitrogen and oxygen atoms in total. The summed E-state index contributed by atoms with van der Waals surface area (Å²) in [6.07, 6.45) is 0.661. The van der Waals surface area contributed by atoms with Gasteiger partial charge in [-0.1, -0.05) is 24.2 Å². The van der Waals surface area contributed by atoms with Gasteiger partial charge in [0.25, 0.3) is 0 Å². The summed E-state index contributed by atoms with van der Waals surface area (Å²) >= 11 is 0. The number of carboxylic acids is 1. The van der Waals surface area contributed by atoms with Crippen LogP contribution >= 0.6 is 0 Å². The Bertz CT molecular complexity index is 1760. The van der Waals surface area contributed by atoms with Crippen molar-refractivity contribution in [2.75, 3.05) is 4.90 Å². The summed E-state index contributed by atoms with van der Waals surface area (Å²) in [6.45, 7) is 2.29. The summed E-state index contributed by atoms with van der Waals surface area (Å²) in [5.41, 5.74) is 2.81. The third kappa shape index (κ3) is 4.98. The molecule has 1 saturated carbocycles. The number of carbonyl (C=O) groups is 1. The quantitative estimate of drug-likeness (QED) is 0.238. The number of aromatic carboxylic acids is 1. The van der Waals surface area contributed by atoms with Crippen molar-refractivity contribution < 1.29 is 37.1 Å². The van der Waals surface area contributed by atoms with E-state index in [2.05, 4.69) is 32.9 Å². The second-order valence-electron chi connectivity index (χ2n) is 11.6. The van der Waals surface area contributed by atoms with Crippen molar-refractivity contribution in [3.8, 4) is 17.0 Å². The molecule has 12 heteroatoms. The van der Waals surface area contributed by atoms with Gasteiger partial charge in [0.05, 0.1) is 22.9 Å². The second kappa shape index (κ2) is 10.1. The molecule has 3 unspecified atom stereocenters. The van der Waals surface area contributed by atoms with E-state index in [1.165, 1.54) is 18.2 Å². The first kappa shape index (κ1) is 27.4. The molecule has 224 valence electrons. The number of ether oxygens (including phenoxy) is 2. The summed E-state index contributed by atoms with van der Waals surface area (Å²) < 4.78 is 57.3. The van der Waals surface area contributed by atoms with Crippen LogP contribution in [0.3, 0.4) is 0 Å². The minimum absolute atomic E-state index is 0.0227. The molecule has 4 heterocycles. The summed E-state index contributed by atoms with van der Waals surface area (Å²) in [5, 5.41) is 18.6. The van der Waals surface area contributed by atoms with Crippen molar-refractivity contribution in [3.63, 3.8) is 0 Å². The molecule has 0 radical (unpaired) electrons. The number of alkyl halides is 3. The van der Waals surface area contributed by atoms with Crippen LogP contribution in [-0.4, -0.2) is 44.5 Å². The predicted molar refractivity (Wildman–Crippen MR) is 150 cm³/mol. The van der Waals surface area contributed by atoms with Gasteiger partial charge < -0.3 is 24.0 Å². The summed E-state index contributed by atoms with van der Waals surface area (Å²) in [4.78, 5) is 14.1. The van der Waals surface area contributed by atoms with Gasteiger partial charge in [0.1, 0.15) is 23.8 Å². The van der Waals surface area contributed by atoms with E-state index in [-0.39, 0.29) is 47.3 Å². The van der Waals surface area contributed by atoms with E-state index in [1.54, 1.807) is 17.8 Å². The van der Waals surface area contributed by atoms with E-state index < -0.39 is 12.3 Å². The van der Waals surface area contributed by atoms with Crippen LogP contribution < -0.4 is 9.64 Å². The van der Waals surface area contributed by atoms with Crippen molar-refractivity contribution in [2.45, 2.75) is 63.6 Å². The molecule has 2 bridgehead atoms. The smallest absolute Gasteiger partial charge is 0.493 e. The zero-order valence-electron chi connectivity index (χ0n) is 23.5. The molecule has 2 aromatic carbocycles. The lowest BCUT2D eigenvalue weighted by atomic mass is 10.0. The molecule has 3 aliphatic rings. The highest BCUT2D eigenvalue weighted by molar-refractivity contribution is 6.02. The standard InChI is InChI=1S/C31H29F3N4O5/c1-16-11-19-12-20(14-25(16)38(19)18-9-10-24-22(13-18)28(30(39)40)35-37(24)2)41-15-23-27(36-43-29(23)17-7-8-17)21-5-3-4-6-26(21)42-31(32,33)34/h3-6,9-10,13-14,16-17,19,25H,7-8,11-12,15H2,1-2H3,(H,39,40). The highest BCUT2D eigenvalue weighted by Gasteiger charge is 2.43. The van der Waals surface area contributed by atoms with E-state index in [1.807, 2.05) is 18.2 Å². The van der Waals surface area contributed by atoms with Crippen molar-refractivity contribution in [2.24, 2.45) is 13.0 Å². The predicted octanol–water partition coefficient (Wildman–Crippen LogP) is 6.79. The number of rotatable bonds is 8. The Hall–Kier alpha value is -4.48. The molecule has 2 fully saturated rings. The average molecular weight is 595 g/mol. The monoisotopic (exact) mass is 594 g/mol. The molecule has 43 heavy (non-hydrogen) atoms. The average Bonchev–Trinajstić information content (AvgIpc) is 3.57. The Morgan fingerprint density at radius 1 is 1.19 bits per heavy atom. The summed E-state index contributed by atoms with van der Waals surface area (Å²) in [7, 11) is 1.73. The Morgan fingerprint density at radius 3 is 2.70 bits per heavy atom. The Morgan fingerprint density at radius 2 is 1.98 bits per heavy atom. The maximum atomic E-state index is 13.1. The van der Waals surface area contributed by atoms with Gasteiger partial charge in [0, 0.05) is 42.1 Å². The van der Waals surface area contributed by atoms with Crippen LogP contribution in [0, 0.1) is 5.92 Å². The van der Waals surface area contributed by atoms with E-state index in [0.717, 1.165) is 36.2 Å². The maximum absolute atomic E-state index is 13.1. The molecule has 2 aliphatic heterocycles. The van der Waals surface area contributed by atoms with E-state index in [0.29, 0.717) is 29.0 Å². The SMILES string of the molecule is CC1CC2CC(OCc3c(-c4ccccc4OC(F)(F)F)noc3C3CC3)=CC1N2c1ccc2c(c1)c(C(=O)O)nn2C. The second-order valence-corrected chi connectivity index (χ2v) is 11.6. The Balaban J connectivity index is 1.17. The lowest BCUT2D eigenvalue weighted by Crippen LogP contribution is -2.40. The number of nitrogens with zero attached hydrogens (tertiary/aromatic N) is 4. The number of hydrogen-bond acceptors (Lipinski definition) is 7. The van der Waals surface area contributed by atoms with Crippen LogP contribution in [-0.2, 0) is 18.4 Å². The Labute approximate surface area is 244 Å². The molecular formula is C31H29F3N4O5. The molecule has 1 aliphatic carbocycles. The minimum Gasteiger partial charge on any atom is -0.493 e. The van der Waals surface area contributed by atoms with Gasteiger partial charge in [0.2, 0.25) is 0 Å². The number of anilines is 1. The van der Waals surface area contributed by atoms with Crippen molar-refractivity contribution in [3.05, 3.63) is 71.3 Å². The van der Waals surface area contributed by atoms with Crippen LogP contribution in [0.25, 0.3) is 22.2 Å². The highest BCUT2D eigenvalue weighted by atomic mass is 19.4. The van der Waals surface area contributed by atoms with Crippen LogP contribution in [0.15, 0.2) is 58.8 Å². The topological polar surface area (TPSA) is 103 Å². The lowest BCUT2D eigenvalue weighted by molar-refractivity contribution is -0.274. The van der Waals surface area contributed by atoms with Gasteiger partial charge in [-0.25, -0.2) is 4.79 Å². The third-order valence-electron chi connectivity index (χ3n) is 8.61. The number of aryl methyl sites for hydroxylation is 1. The van der Waals surface area contributed by atoms with Crippen LogP contribution in [0.4, 0.5) is 18.9 Å². The fourth-order valence-electron chi connectivity index (χ4n) is 6.56. The molecule has 7 rings (SSSR count). The number of aromatic nitrogens is 3. The molecule has 3 atom stereocenters. The first-order valence-corrected chi connectivity index (χ1v) is 14.2. The maximum Gasteiger partial charge on any atom is 0.573 e. The number of fused-ring (bicyclic) bond motifs is 3. The van der Waals surface area contributed by atoms with Crippen molar-refractivity contribution in [1.29, 1.82) is 0 Å². The molecule has 2 aromatic heterocycles. The van der Waals surface area contributed by atoms with E-state index in [9.17, 15) is 23.1 Å². The van der Waals surface area contributed by atoms with Crippen LogP contribution in [0.1, 0.15) is 60.3 Å². The number of benzene rings is 2. The van der Waals surface area contributed by atoms with E-state index >= 15 is 0 Å². The molecule has 0 amide bonds. The van der Waals surface area contributed by atoms with Gasteiger partial charge in [-0.15, -0.1) is 13.2 Å². The number of hydrogen-bond donors (Lipinski definition) is 1. The fraction of sp³-hybridized carbons (Fsp3) is 0.387. The molecule has 4 aromatic rings. The summed E-state index contributed by atoms with van der Waals surface area (Å²) in [6, 6.07) is 11.9.